The van der Waals surface area contributed by atoms with Crippen molar-refractivity contribution < 1.29 is 0 Å². The van der Waals surface area contributed by atoms with Crippen molar-refractivity contribution >= 4 is 15.9 Å². The third-order valence-corrected chi connectivity index (χ3v) is 3.73. The highest BCUT2D eigenvalue weighted by molar-refractivity contribution is 9.08. The zero-order valence-corrected chi connectivity index (χ0v) is 12.5. The van der Waals surface area contributed by atoms with Gasteiger partial charge in [-0.15, -0.1) is 5.10 Å². The van der Waals surface area contributed by atoms with Crippen LogP contribution in [0.25, 0.3) is 5.69 Å². The van der Waals surface area contributed by atoms with E-state index in [1.54, 1.807) is 0 Å². The summed E-state index contributed by atoms with van der Waals surface area (Å²) < 4.78 is 1.84. The summed E-state index contributed by atoms with van der Waals surface area (Å²) in [6, 6.07) is 18.7. The fourth-order valence-electron chi connectivity index (χ4n) is 2.18. The zero-order chi connectivity index (χ0) is 13.8. The number of hydrogen-bond donors (Lipinski definition) is 0. The number of benzene rings is 2. The lowest BCUT2D eigenvalue weighted by Gasteiger charge is -2.08. The number of hydrogen-bond acceptors (Lipinski definition) is 2. The first-order valence-electron chi connectivity index (χ1n) is 6.46. The van der Waals surface area contributed by atoms with Crippen molar-refractivity contribution in [2.24, 2.45) is 0 Å². The maximum Gasteiger partial charge on any atom is 0.0937 e. The second-order valence-corrected chi connectivity index (χ2v) is 5.14. The van der Waals surface area contributed by atoms with Crippen molar-refractivity contribution in [2.75, 3.05) is 0 Å². The largest absolute Gasteiger partial charge is 0.220 e. The highest BCUT2D eigenvalue weighted by Gasteiger charge is 2.07. The van der Waals surface area contributed by atoms with E-state index in [0.29, 0.717) is 5.33 Å². The van der Waals surface area contributed by atoms with Crippen LogP contribution in [-0.2, 0) is 11.8 Å². The smallest absolute Gasteiger partial charge is 0.0937 e. The van der Waals surface area contributed by atoms with Crippen LogP contribution in [-0.4, -0.2) is 15.0 Å². The predicted octanol–water partition coefficient (Wildman–Crippen LogP) is 3.75. The zero-order valence-electron chi connectivity index (χ0n) is 10.9. The summed E-state index contributed by atoms with van der Waals surface area (Å²) >= 11 is 3.40. The van der Waals surface area contributed by atoms with Crippen molar-refractivity contribution in [1.29, 1.82) is 0 Å². The molecular formula is C16H14BrN3. The molecule has 0 aliphatic heterocycles. The molecule has 0 radical (unpaired) electrons. The van der Waals surface area contributed by atoms with Gasteiger partial charge in [0.2, 0.25) is 0 Å². The van der Waals surface area contributed by atoms with Crippen LogP contribution in [0.15, 0.2) is 60.8 Å². The van der Waals surface area contributed by atoms with E-state index in [9.17, 15) is 0 Å². The minimum atomic E-state index is 0.716. The van der Waals surface area contributed by atoms with E-state index in [1.165, 1.54) is 11.1 Å². The molecule has 0 unspecified atom stereocenters. The summed E-state index contributed by atoms with van der Waals surface area (Å²) in [4.78, 5) is 0. The first kappa shape index (κ1) is 13.1. The van der Waals surface area contributed by atoms with E-state index in [0.717, 1.165) is 17.8 Å². The summed E-state index contributed by atoms with van der Waals surface area (Å²) in [6.45, 7) is 0. The molecule has 0 aliphatic rings. The maximum atomic E-state index is 4.20. The average Bonchev–Trinajstić information content (AvgIpc) is 2.98. The topological polar surface area (TPSA) is 30.7 Å². The molecule has 3 aromatic rings. The van der Waals surface area contributed by atoms with Gasteiger partial charge in [0.1, 0.15) is 0 Å². The monoisotopic (exact) mass is 327 g/mol. The van der Waals surface area contributed by atoms with E-state index in [4.69, 9.17) is 0 Å². The van der Waals surface area contributed by atoms with Crippen molar-refractivity contribution in [3.05, 3.63) is 77.6 Å². The summed E-state index contributed by atoms with van der Waals surface area (Å²) in [5.41, 5.74) is 4.54. The van der Waals surface area contributed by atoms with E-state index in [-0.39, 0.29) is 0 Å². The summed E-state index contributed by atoms with van der Waals surface area (Å²) in [5.74, 6) is 0. The lowest BCUT2D eigenvalue weighted by atomic mass is 10.0. The number of alkyl halides is 1. The molecular weight excluding hydrogens is 314 g/mol. The Morgan fingerprint density at radius 1 is 0.950 bits per heavy atom. The quantitative estimate of drug-likeness (QED) is 0.683. The number of rotatable bonds is 4. The summed E-state index contributed by atoms with van der Waals surface area (Å²) in [6.07, 6.45) is 2.85. The molecule has 1 heterocycles. The van der Waals surface area contributed by atoms with Gasteiger partial charge in [0.25, 0.3) is 0 Å². The maximum absolute atomic E-state index is 4.20. The molecule has 100 valence electrons. The molecule has 20 heavy (non-hydrogen) atoms. The van der Waals surface area contributed by atoms with Gasteiger partial charge in [0.15, 0.2) is 0 Å². The van der Waals surface area contributed by atoms with Gasteiger partial charge in [-0.2, -0.15) is 0 Å². The first-order valence-corrected chi connectivity index (χ1v) is 7.58. The number of aromatic nitrogens is 3. The van der Waals surface area contributed by atoms with Crippen molar-refractivity contribution in [1.82, 2.24) is 15.0 Å². The second-order valence-electron chi connectivity index (χ2n) is 4.58. The lowest BCUT2D eigenvalue weighted by molar-refractivity contribution is 0.793. The van der Waals surface area contributed by atoms with Gasteiger partial charge in [0.05, 0.1) is 17.6 Å². The Balaban J connectivity index is 1.96. The van der Waals surface area contributed by atoms with E-state index < -0.39 is 0 Å². The summed E-state index contributed by atoms with van der Waals surface area (Å²) in [5, 5.41) is 9.04. The molecule has 0 saturated carbocycles. The van der Waals surface area contributed by atoms with Gasteiger partial charge in [-0.05, 0) is 23.6 Å². The summed E-state index contributed by atoms with van der Waals surface area (Å²) in [7, 11) is 0. The fourth-order valence-corrected chi connectivity index (χ4v) is 2.43. The molecule has 0 spiro atoms. The van der Waals surface area contributed by atoms with Gasteiger partial charge in [-0.3, -0.25) is 0 Å². The van der Waals surface area contributed by atoms with Crippen LogP contribution in [0.1, 0.15) is 16.8 Å². The van der Waals surface area contributed by atoms with E-state index in [1.807, 2.05) is 23.0 Å². The van der Waals surface area contributed by atoms with Crippen LogP contribution >= 0.6 is 15.9 Å². The van der Waals surface area contributed by atoms with Crippen LogP contribution in [0.5, 0.6) is 0 Å². The Kier molecular flexibility index (Phi) is 3.92. The molecule has 0 fully saturated rings. The molecule has 0 atom stereocenters. The van der Waals surface area contributed by atoms with Gasteiger partial charge >= 0.3 is 0 Å². The normalized spacial score (nSPS) is 10.7. The van der Waals surface area contributed by atoms with Crippen LogP contribution in [0.4, 0.5) is 0 Å². The second kappa shape index (κ2) is 6.01. The van der Waals surface area contributed by atoms with Crippen LogP contribution in [0, 0.1) is 0 Å². The molecule has 0 aliphatic carbocycles. The average molecular weight is 328 g/mol. The Bertz CT molecular complexity index is 692. The van der Waals surface area contributed by atoms with E-state index >= 15 is 0 Å². The highest BCUT2D eigenvalue weighted by atomic mass is 79.9. The van der Waals surface area contributed by atoms with Gasteiger partial charge in [0, 0.05) is 5.33 Å². The molecule has 0 N–H and O–H groups in total. The van der Waals surface area contributed by atoms with Gasteiger partial charge in [-0.1, -0.05) is 69.7 Å². The Labute approximate surface area is 126 Å². The molecule has 4 heteroatoms. The van der Waals surface area contributed by atoms with Crippen LogP contribution in [0.2, 0.25) is 0 Å². The van der Waals surface area contributed by atoms with E-state index in [2.05, 4.69) is 68.7 Å². The third kappa shape index (κ3) is 2.80. The molecule has 0 bridgehead atoms. The molecule has 0 saturated heterocycles. The standard InChI is InChI=1S/C16H14BrN3/c17-11-15-12-20(19-18-15)16-9-5-4-8-14(16)10-13-6-2-1-3-7-13/h1-9,12H,10-11H2. The SMILES string of the molecule is BrCc1cn(-c2ccccc2Cc2ccccc2)nn1. The molecule has 3 rings (SSSR count). The fraction of sp³-hybridized carbons (Fsp3) is 0.125. The number of halogens is 1. The molecule has 0 amide bonds. The van der Waals surface area contributed by atoms with Crippen molar-refractivity contribution in [2.45, 2.75) is 11.8 Å². The predicted molar refractivity (Wildman–Crippen MR) is 83.2 cm³/mol. The van der Waals surface area contributed by atoms with Crippen molar-refractivity contribution in [3.63, 3.8) is 0 Å². The third-order valence-electron chi connectivity index (χ3n) is 3.15. The number of para-hydroxylation sites is 1. The lowest BCUT2D eigenvalue weighted by Crippen LogP contribution is -2.01. The van der Waals surface area contributed by atoms with Crippen LogP contribution in [0.3, 0.4) is 0 Å². The Hall–Kier alpha value is -1.94. The highest BCUT2D eigenvalue weighted by Crippen LogP contribution is 2.18. The first-order chi connectivity index (χ1) is 9.86. The Morgan fingerprint density at radius 3 is 2.45 bits per heavy atom. The minimum Gasteiger partial charge on any atom is -0.220 e. The minimum absolute atomic E-state index is 0.716. The number of nitrogens with zero attached hydrogens (tertiary/aromatic N) is 3. The molecule has 2 aromatic carbocycles. The Morgan fingerprint density at radius 2 is 1.70 bits per heavy atom. The van der Waals surface area contributed by atoms with Crippen molar-refractivity contribution in [3.8, 4) is 5.69 Å². The van der Waals surface area contributed by atoms with Gasteiger partial charge < -0.3 is 0 Å². The molecule has 3 nitrogen and oxygen atoms in total. The van der Waals surface area contributed by atoms with Crippen LogP contribution < -0.4 is 0 Å². The molecule has 1 aromatic heterocycles. The van der Waals surface area contributed by atoms with Gasteiger partial charge in [-0.25, -0.2) is 4.68 Å².